The van der Waals surface area contributed by atoms with E-state index in [9.17, 15) is 4.79 Å². The van der Waals surface area contributed by atoms with Crippen LogP contribution in [0.15, 0.2) is 0 Å². The van der Waals surface area contributed by atoms with Gasteiger partial charge in [-0.2, -0.15) is 0 Å². The molecule has 2 N–H and O–H groups in total. The molecule has 1 fully saturated rings. The summed E-state index contributed by atoms with van der Waals surface area (Å²) >= 11 is 0. The van der Waals surface area contributed by atoms with Crippen molar-refractivity contribution < 1.29 is 4.79 Å². The Hall–Kier alpha value is -0.770. The molecular formula is C11H23N3O. The highest BCUT2D eigenvalue weighted by molar-refractivity contribution is 5.74. The SMILES string of the molecule is CCN(C)C(=O)N1CCC(C)(CN)CC1. The van der Waals surface area contributed by atoms with Gasteiger partial charge in [0, 0.05) is 26.7 Å². The van der Waals surface area contributed by atoms with E-state index >= 15 is 0 Å². The van der Waals surface area contributed by atoms with Crippen molar-refractivity contribution in [2.24, 2.45) is 11.1 Å². The number of nitrogens with two attached hydrogens (primary N) is 1. The number of urea groups is 1. The number of likely N-dealkylation sites (tertiary alicyclic amines) is 1. The van der Waals surface area contributed by atoms with E-state index in [0.29, 0.717) is 0 Å². The Morgan fingerprint density at radius 3 is 2.40 bits per heavy atom. The molecule has 0 aromatic heterocycles. The summed E-state index contributed by atoms with van der Waals surface area (Å²) in [5.74, 6) is 0. The first-order valence-corrected chi connectivity index (χ1v) is 5.72. The van der Waals surface area contributed by atoms with Crippen molar-refractivity contribution in [3.63, 3.8) is 0 Å². The molecule has 1 rings (SSSR count). The van der Waals surface area contributed by atoms with Gasteiger partial charge in [0.2, 0.25) is 0 Å². The van der Waals surface area contributed by atoms with Crippen LogP contribution in [0.2, 0.25) is 0 Å². The van der Waals surface area contributed by atoms with Crippen molar-refractivity contribution in [2.75, 3.05) is 33.2 Å². The standard InChI is InChI=1S/C11H23N3O/c1-4-13(3)10(15)14-7-5-11(2,9-12)6-8-14/h4-9,12H2,1-3H3. The third-order valence-electron chi connectivity index (χ3n) is 3.53. The molecule has 0 atom stereocenters. The Morgan fingerprint density at radius 2 is 2.00 bits per heavy atom. The Morgan fingerprint density at radius 1 is 1.47 bits per heavy atom. The summed E-state index contributed by atoms with van der Waals surface area (Å²) in [4.78, 5) is 15.5. The predicted octanol–water partition coefficient (Wildman–Crippen LogP) is 1.12. The molecule has 0 aromatic carbocycles. The van der Waals surface area contributed by atoms with E-state index in [1.54, 1.807) is 4.90 Å². The van der Waals surface area contributed by atoms with Crippen LogP contribution in [0.3, 0.4) is 0 Å². The van der Waals surface area contributed by atoms with Crippen LogP contribution in [-0.4, -0.2) is 49.1 Å². The van der Waals surface area contributed by atoms with Crippen LogP contribution in [0.1, 0.15) is 26.7 Å². The molecule has 0 radical (unpaired) electrons. The molecule has 2 amide bonds. The zero-order chi connectivity index (χ0) is 11.5. The van der Waals surface area contributed by atoms with Crippen molar-refractivity contribution in [2.45, 2.75) is 26.7 Å². The second kappa shape index (κ2) is 4.84. The quantitative estimate of drug-likeness (QED) is 0.747. The van der Waals surface area contributed by atoms with Crippen LogP contribution < -0.4 is 5.73 Å². The highest BCUT2D eigenvalue weighted by atomic mass is 16.2. The second-order valence-electron chi connectivity index (χ2n) is 4.80. The third-order valence-corrected chi connectivity index (χ3v) is 3.53. The molecule has 1 aliphatic heterocycles. The van der Waals surface area contributed by atoms with Crippen molar-refractivity contribution in [1.29, 1.82) is 0 Å². The van der Waals surface area contributed by atoms with Gasteiger partial charge in [0.25, 0.3) is 0 Å². The summed E-state index contributed by atoms with van der Waals surface area (Å²) in [6, 6.07) is 0.150. The van der Waals surface area contributed by atoms with Gasteiger partial charge >= 0.3 is 6.03 Å². The minimum Gasteiger partial charge on any atom is -0.330 e. The fourth-order valence-corrected chi connectivity index (χ4v) is 1.82. The lowest BCUT2D eigenvalue weighted by molar-refractivity contribution is 0.114. The van der Waals surface area contributed by atoms with Gasteiger partial charge in [-0.3, -0.25) is 0 Å². The van der Waals surface area contributed by atoms with Crippen molar-refractivity contribution in [3.05, 3.63) is 0 Å². The van der Waals surface area contributed by atoms with E-state index in [4.69, 9.17) is 5.73 Å². The molecule has 4 nitrogen and oxygen atoms in total. The lowest BCUT2D eigenvalue weighted by Gasteiger charge is -2.39. The maximum Gasteiger partial charge on any atom is 0.319 e. The summed E-state index contributed by atoms with van der Waals surface area (Å²) in [5.41, 5.74) is 5.97. The molecular weight excluding hydrogens is 190 g/mol. The molecule has 1 heterocycles. The van der Waals surface area contributed by atoms with E-state index < -0.39 is 0 Å². The monoisotopic (exact) mass is 213 g/mol. The lowest BCUT2D eigenvalue weighted by atomic mass is 9.81. The molecule has 0 saturated carbocycles. The number of amides is 2. The number of hydrogen-bond acceptors (Lipinski definition) is 2. The summed E-state index contributed by atoms with van der Waals surface area (Å²) in [7, 11) is 1.85. The fourth-order valence-electron chi connectivity index (χ4n) is 1.82. The van der Waals surface area contributed by atoms with Gasteiger partial charge in [0.15, 0.2) is 0 Å². The topological polar surface area (TPSA) is 49.6 Å². The normalized spacial score (nSPS) is 20.1. The van der Waals surface area contributed by atoms with Crippen molar-refractivity contribution >= 4 is 6.03 Å². The summed E-state index contributed by atoms with van der Waals surface area (Å²) in [6.45, 7) is 7.38. The maximum absolute atomic E-state index is 11.8. The molecule has 1 aliphatic rings. The molecule has 0 unspecified atom stereocenters. The van der Waals surface area contributed by atoms with Gasteiger partial charge in [0.05, 0.1) is 0 Å². The average Bonchev–Trinajstić information content (AvgIpc) is 2.28. The highest BCUT2D eigenvalue weighted by Gasteiger charge is 2.31. The third kappa shape index (κ3) is 2.84. The molecule has 0 spiro atoms. The highest BCUT2D eigenvalue weighted by Crippen LogP contribution is 2.29. The number of piperidine rings is 1. The summed E-state index contributed by atoms with van der Waals surface area (Å²) in [6.07, 6.45) is 2.04. The van der Waals surface area contributed by atoms with Crippen LogP contribution in [-0.2, 0) is 0 Å². The van der Waals surface area contributed by atoms with E-state index in [1.165, 1.54) is 0 Å². The number of nitrogens with zero attached hydrogens (tertiary/aromatic N) is 2. The van der Waals surface area contributed by atoms with Gasteiger partial charge in [-0.1, -0.05) is 6.92 Å². The van der Waals surface area contributed by atoms with Crippen LogP contribution >= 0.6 is 0 Å². The first kappa shape index (κ1) is 12.3. The smallest absolute Gasteiger partial charge is 0.319 e. The molecule has 1 saturated heterocycles. The first-order chi connectivity index (χ1) is 7.02. The van der Waals surface area contributed by atoms with Gasteiger partial charge in [0.1, 0.15) is 0 Å². The van der Waals surface area contributed by atoms with Gasteiger partial charge in [-0.05, 0) is 31.7 Å². The van der Waals surface area contributed by atoms with Crippen LogP contribution in [0, 0.1) is 5.41 Å². The number of rotatable bonds is 2. The minimum atomic E-state index is 0.150. The maximum atomic E-state index is 11.8. The van der Waals surface area contributed by atoms with Crippen LogP contribution in [0.25, 0.3) is 0 Å². The average molecular weight is 213 g/mol. The summed E-state index contributed by atoms with van der Waals surface area (Å²) < 4.78 is 0. The predicted molar refractivity (Wildman–Crippen MR) is 61.7 cm³/mol. The fraction of sp³-hybridized carbons (Fsp3) is 0.909. The van der Waals surface area contributed by atoms with Crippen molar-refractivity contribution in [3.8, 4) is 0 Å². The molecule has 15 heavy (non-hydrogen) atoms. The van der Waals surface area contributed by atoms with Crippen LogP contribution in [0.5, 0.6) is 0 Å². The van der Waals surface area contributed by atoms with E-state index in [1.807, 2.05) is 18.9 Å². The van der Waals surface area contributed by atoms with E-state index in [-0.39, 0.29) is 11.4 Å². The first-order valence-electron chi connectivity index (χ1n) is 5.72. The molecule has 0 aliphatic carbocycles. The molecule has 4 heteroatoms. The Bertz CT molecular complexity index is 222. The van der Waals surface area contributed by atoms with Gasteiger partial charge < -0.3 is 15.5 Å². The second-order valence-corrected chi connectivity index (χ2v) is 4.80. The summed E-state index contributed by atoms with van der Waals surface area (Å²) in [5, 5.41) is 0. The zero-order valence-electron chi connectivity index (χ0n) is 10.1. The van der Waals surface area contributed by atoms with Gasteiger partial charge in [-0.25, -0.2) is 4.79 Å². The Labute approximate surface area is 92.4 Å². The lowest BCUT2D eigenvalue weighted by Crippen LogP contribution is -2.48. The molecule has 88 valence electrons. The Kier molecular flexibility index (Phi) is 3.97. The largest absolute Gasteiger partial charge is 0.330 e. The van der Waals surface area contributed by atoms with Crippen LogP contribution in [0.4, 0.5) is 4.79 Å². The number of carbonyl (C=O) groups is 1. The minimum absolute atomic E-state index is 0.150. The van der Waals surface area contributed by atoms with Gasteiger partial charge in [-0.15, -0.1) is 0 Å². The number of hydrogen-bond donors (Lipinski definition) is 1. The molecule has 0 bridgehead atoms. The van der Waals surface area contributed by atoms with Crippen molar-refractivity contribution in [1.82, 2.24) is 9.80 Å². The molecule has 0 aromatic rings. The number of carbonyl (C=O) groups excluding carboxylic acids is 1. The zero-order valence-corrected chi connectivity index (χ0v) is 10.1. The Balaban J connectivity index is 2.47. The van der Waals surface area contributed by atoms with E-state index in [0.717, 1.165) is 39.0 Å². The van der Waals surface area contributed by atoms with E-state index in [2.05, 4.69) is 6.92 Å².